The molecule has 3 atom stereocenters. The zero-order valence-electron chi connectivity index (χ0n) is 32.7. The predicted molar refractivity (Wildman–Crippen MR) is 208 cm³/mol. The molecule has 0 saturated heterocycles. The number of aliphatic hydroxyl groups is 1. The van der Waals surface area contributed by atoms with Gasteiger partial charge in [0.15, 0.2) is 0 Å². The average molecular weight is 716 g/mol. The Morgan fingerprint density at radius 1 is 0.673 bits per heavy atom. The van der Waals surface area contributed by atoms with E-state index in [1.807, 2.05) is 21.1 Å². The molecule has 1 unspecified atom stereocenters. The number of carbonyl (C=O) groups is 1. The first kappa shape index (κ1) is 48.0. The molecule has 8 nitrogen and oxygen atoms in total. The number of carbonyl (C=O) groups excluding carboxylic acids is 1. The van der Waals surface area contributed by atoms with Crippen LogP contribution in [0.25, 0.3) is 0 Å². The van der Waals surface area contributed by atoms with Gasteiger partial charge in [-0.05, 0) is 64.2 Å². The van der Waals surface area contributed by atoms with Crippen LogP contribution in [0, 0.1) is 0 Å². The van der Waals surface area contributed by atoms with Crippen molar-refractivity contribution in [3.63, 3.8) is 0 Å². The standard InChI is InChI=1S/C40H79N2O6P/c1-6-8-10-12-14-16-18-19-20-21-22-23-24-26-28-30-32-34-40(44)41-38(37-48-49(45,46)47-36-35-42(3,4)5)39(43)33-31-29-27-25-17-15-13-11-9-7-2/h17,19-20,25,38-39,43H,6-16,18,21-24,26-37H2,1-5H3,(H-,41,44,45,46)/p+1/b20-19+,25-17+/t38-,39+/m0/s1. The third kappa shape index (κ3) is 35.2. The normalized spacial score (nSPS) is 14.8. The van der Waals surface area contributed by atoms with Gasteiger partial charge < -0.3 is 19.8 Å². The topological polar surface area (TPSA) is 105 Å². The second-order valence-corrected chi connectivity index (χ2v) is 16.5. The molecule has 1 amide bonds. The molecule has 0 aliphatic carbocycles. The van der Waals surface area contributed by atoms with Crippen LogP contribution in [0.1, 0.15) is 174 Å². The SMILES string of the molecule is CCCCCC/C=C/CCCC[C@@H](O)[C@H](COP(=O)(O)OCC[N+](C)(C)C)NC(=O)CCCCCCCCC/C=C/CCCCCCCC. The Morgan fingerprint density at radius 3 is 1.59 bits per heavy atom. The zero-order chi connectivity index (χ0) is 36.5. The highest BCUT2D eigenvalue weighted by atomic mass is 31.2. The third-order valence-corrected chi connectivity index (χ3v) is 9.91. The van der Waals surface area contributed by atoms with E-state index in [1.165, 1.54) is 103 Å². The zero-order valence-corrected chi connectivity index (χ0v) is 33.6. The minimum atomic E-state index is -4.31. The molecule has 9 heteroatoms. The third-order valence-electron chi connectivity index (χ3n) is 8.92. The Bertz CT molecular complexity index is 860. The summed E-state index contributed by atoms with van der Waals surface area (Å²) < 4.78 is 23.5. The minimum absolute atomic E-state index is 0.0688. The van der Waals surface area contributed by atoms with Crippen molar-refractivity contribution in [3.05, 3.63) is 24.3 Å². The van der Waals surface area contributed by atoms with Gasteiger partial charge >= 0.3 is 7.82 Å². The monoisotopic (exact) mass is 716 g/mol. The Morgan fingerprint density at radius 2 is 1.10 bits per heavy atom. The molecule has 0 spiro atoms. The van der Waals surface area contributed by atoms with Crippen LogP contribution < -0.4 is 5.32 Å². The number of hydrogen-bond donors (Lipinski definition) is 3. The molecular weight excluding hydrogens is 635 g/mol. The number of hydrogen-bond acceptors (Lipinski definition) is 5. The number of quaternary nitrogens is 1. The Labute approximate surface area is 303 Å². The van der Waals surface area contributed by atoms with E-state index in [1.54, 1.807) is 0 Å². The number of phosphoric acid groups is 1. The molecule has 0 fully saturated rings. The predicted octanol–water partition coefficient (Wildman–Crippen LogP) is 10.6. The van der Waals surface area contributed by atoms with Crippen LogP contribution in [-0.2, 0) is 18.4 Å². The van der Waals surface area contributed by atoms with E-state index in [2.05, 4.69) is 43.5 Å². The first-order valence-corrected chi connectivity index (χ1v) is 21.7. The van der Waals surface area contributed by atoms with Gasteiger partial charge in [0.1, 0.15) is 13.2 Å². The Hall–Kier alpha value is -1.02. The molecule has 290 valence electrons. The second kappa shape index (κ2) is 32.9. The van der Waals surface area contributed by atoms with Gasteiger partial charge in [-0.3, -0.25) is 13.8 Å². The summed E-state index contributed by atoms with van der Waals surface area (Å²) in [6, 6.07) is -0.774. The van der Waals surface area contributed by atoms with Gasteiger partial charge in [-0.1, -0.05) is 128 Å². The molecule has 0 rings (SSSR count). The summed E-state index contributed by atoms with van der Waals surface area (Å²) in [6.07, 6.45) is 36.3. The van der Waals surface area contributed by atoms with Crippen LogP contribution >= 0.6 is 7.82 Å². The van der Waals surface area contributed by atoms with Gasteiger partial charge in [-0.15, -0.1) is 0 Å². The number of nitrogens with zero attached hydrogens (tertiary/aromatic N) is 1. The maximum atomic E-state index is 12.8. The summed E-state index contributed by atoms with van der Waals surface area (Å²) in [4.78, 5) is 23.0. The van der Waals surface area contributed by atoms with Crippen molar-refractivity contribution < 1.29 is 32.9 Å². The van der Waals surface area contributed by atoms with Crippen molar-refractivity contribution in [2.45, 2.75) is 187 Å². The van der Waals surface area contributed by atoms with Crippen molar-refractivity contribution in [2.75, 3.05) is 40.9 Å². The molecule has 0 aromatic carbocycles. The minimum Gasteiger partial charge on any atom is -0.391 e. The number of unbranched alkanes of at least 4 members (excludes halogenated alkanes) is 19. The molecule has 3 N–H and O–H groups in total. The summed E-state index contributed by atoms with van der Waals surface area (Å²) in [5.74, 6) is -0.162. The van der Waals surface area contributed by atoms with Gasteiger partial charge in [0.05, 0.1) is 39.9 Å². The van der Waals surface area contributed by atoms with Crippen LogP contribution in [0.2, 0.25) is 0 Å². The number of amides is 1. The van der Waals surface area contributed by atoms with E-state index < -0.39 is 20.0 Å². The highest BCUT2D eigenvalue weighted by Crippen LogP contribution is 2.43. The van der Waals surface area contributed by atoms with E-state index >= 15 is 0 Å². The molecule has 0 saturated carbocycles. The maximum Gasteiger partial charge on any atom is 0.472 e. The largest absolute Gasteiger partial charge is 0.472 e. The van der Waals surface area contributed by atoms with Crippen molar-refractivity contribution in [1.29, 1.82) is 0 Å². The summed E-state index contributed by atoms with van der Waals surface area (Å²) in [5, 5.41) is 13.8. The maximum absolute atomic E-state index is 12.8. The van der Waals surface area contributed by atoms with Crippen LogP contribution in [-0.4, -0.2) is 73.4 Å². The first-order chi connectivity index (χ1) is 23.5. The Balaban J connectivity index is 4.40. The lowest BCUT2D eigenvalue weighted by Crippen LogP contribution is -2.46. The van der Waals surface area contributed by atoms with Gasteiger partial charge in [-0.2, -0.15) is 0 Å². The fourth-order valence-corrected chi connectivity index (χ4v) is 6.36. The summed E-state index contributed by atoms with van der Waals surface area (Å²) in [5.41, 5.74) is 0. The van der Waals surface area contributed by atoms with Crippen LogP contribution in [0.15, 0.2) is 24.3 Å². The quantitative estimate of drug-likeness (QED) is 0.0258. The Kier molecular flexibility index (Phi) is 32.2. The molecule has 0 aromatic heterocycles. The lowest BCUT2D eigenvalue weighted by molar-refractivity contribution is -0.870. The van der Waals surface area contributed by atoms with E-state index in [-0.39, 0.29) is 19.1 Å². The van der Waals surface area contributed by atoms with E-state index in [0.29, 0.717) is 23.9 Å². The van der Waals surface area contributed by atoms with Gasteiger partial charge in [0.25, 0.3) is 0 Å². The van der Waals surface area contributed by atoms with Crippen LogP contribution in [0.5, 0.6) is 0 Å². The van der Waals surface area contributed by atoms with Crippen molar-refractivity contribution in [2.24, 2.45) is 0 Å². The molecule has 0 aromatic rings. The van der Waals surface area contributed by atoms with Crippen LogP contribution in [0.3, 0.4) is 0 Å². The molecule has 0 aliphatic rings. The molecule has 0 radical (unpaired) electrons. The lowest BCUT2D eigenvalue weighted by Gasteiger charge is -2.26. The number of allylic oxidation sites excluding steroid dienone is 4. The van der Waals surface area contributed by atoms with Crippen molar-refractivity contribution in [1.82, 2.24) is 5.32 Å². The van der Waals surface area contributed by atoms with E-state index in [4.69, 9.17) is 9.05 Å². The number of rotatable bonds is 36. The van der Waals surface area contributed by atoms with Gasteiger partial charge in [0.2, 0.25) is 5.91 Å². The van der Waals surface area contributed by atoms with Crippen molar-refractivity contribution in [3.8, 4) is 0 Å². The molecule has 49 heavy (non-hydrogen) atoms. The summed E-state index contributed by atoms with van der Waals surface area (Å²) in [7, 11) is 1.59. The molecule has 0 aliphatic heterocycles. The van der Waals surface area contributed by atoms with E-state index in [9.17, 15) is 19.4 Å². The number of nitrogens with one attached hydrogen (secondary N) is 1. The second-order valence-electron chi connectivity index (χ2n) is 15.0. The van der Waals surface area contributed by atoms with Gasteiger partial charge in [-0.25, -0.2) is 4.57 Å². The number of phosphoric ester groups is 1. The number of likely N-dealkylation sites (N-methyl/N-ethyl adjacent to an activating group) is 1. The number of aliphatic hydroxyl groups excluding tert-OH is 1. The first-order valence-electron chi connectivity index (χ1n) is 20.2. The smallest absolute Gasteiger partial charge is 0.391 e. The van der Waals surface area contributed by atoms with Crippen molar-refractivity contribution >= 4 is 13.7 Å². The molecule has 0 bridgehead atoms. The van der Waals surface area contributed by atoms with Gasteiger partial charge in [0, 0.05) is 6.42 Å². The van der Waals surface area contributed by atoms with Crippen LogP contribution in [0.4, 0.5) is 0 Å². The highest BCUT2D eigenvalue weighted by molar-refractivity contribution is 7.47. The summed E-state index contributed by atoms with van der Waals surface area (Å²) >= 11 is 0. The fourth-order valence-electron chi connectivity index (χ4n) is 5.62. The average Bonchev–Trinajstić information content (AvgIpc) is 3.04. The summed E-state index contributed by atoms with van der Waals surface area (Å²) in [6.45, 7) is 4.81. The fraction of sp³-hybridized carbons (Fsp3) is 0.875. The van der Waals surface area contributed by atoms with E-state index in [0.717, 1.165) is 44.9 Å². The molecular formula is C40H80N2O6P+. The molecule has 0 heterocycles. The highest BCUT2D eigenvalue weighted by Gasteiger charge is 2.28. The lowest BCUT2D eigenvalue weighted by atomic mass is 10.0.